The van der Waals surface area contributed by atoms with Crippen molar-refractivity contribution >= 4 is 7.60 Å². The Morgan fingerprint density at radius 3 is 2.38 bits per heavy atom. The molecule has 1 rings (SSSR count). The summed E-state index contributed by atoms with van der Waals surface area (Å²) < 4.78 is 29.0. The smallest absolute Gasteiger partial charge is 0.325 e. The summed E-state index contributed by atoms with van der Waals surface area (Å²) in [5, 5.41) is 18.7. The monoisotopic (exact) mass is 258 g/mol. The molecule has 8 heteroatoms. The van der Waals surface area contributed by atoms with Crippen molar-refractivity contribution in [3.05, 3.63) is 0 Å². The zero-order valence-corrected chi connectivity index (χ0v) is 9.63. The van der Waals surface area contributed by atoms with Crippen LogP contribution in [0.4, 0.5) is 4.39 Å². The molecule has 1 aliphatic rings. The van der Waals surface area contributed by atoms with Crippen molar-refractivity contribution in [2.45, 2.75) is 43.9 Å². The number of alkyl halides is 1. The van der Waals surface area contributed by atoms with E-state index in [0.717, 1.165) is 0 Å². The van der Waals surface area contributed by atoms with E-state index in [9.17, 15) is 19.2 Å². The van der Waals surface area contributed by atoms with Gasteiger partial charge in [-0.25, -0.2) is 4.39 Å². The molecular formula is C8H16FO6P. The van der Waals surface area contributed by atoms with Gasteiger partial charge in [-0.05, 0) is 13.3 Å². The van der Waals surface area contributed by atoms with Crippen LogP contribution < -0.4 is 0 Å². The van der Waals surface area contributed by atoms with Crippen LogP contribution >= 0.6 is 7.60 Å². The second-order valence-corrected chi connectivity index (χ2v) is 5.76. The van der Waals surface area contributed by atoms with E-state index in [-0.39, 0.29) is 6.42 Å². The number of rotatable bonds is 3. The Hall–Kier alpha value is -0.0400. The normalized spacial score (nSPS) is 41.0. The molecule has 3 unspecified atom stereocenters. The van der Waals surface area contributed by atoms with Crippen molar-refractivity contribution < 1.29 is 33.7 Å². The van der Waals surface area contributed by atoms with Gasteiger partial charge in [-0.3, -0.25) is 4.57 Å². The molecule has 1 heterocycles. The van der Waals surface area contributed by atoms with E-state index in [1.165, 1.54) is 6.92 Å². The summed E-state index contributed by atoms with van der Waals surface area (Å²) in [5.41, 5.74) is 0. The van der Waals surface area contributed by atoms with Gasteiger partial charge in [0, 0.05) is 0 Å². The largest absolute Gasteiger partial charge is 0.387 e. The van der Waals surface area contributed by atoms with Crippen molar-refractivity contribution in [3.63, 3.8) is 0 Å². The maximum Gasteiger partial charge on any atom is 0.325 e. The molecule has 1 fully saturated rings. The van der Waals surface area contributed by atoms with E-state index in [1.54, 1.807) is 0 Å². The van der Waals surface area contributed by atoms with Gasteiger partial charge in [0.1, 0.15) is 12.2 Å². The highest BCUT2D eigenvalue weighted by Gasteiger charge is 2.43. The maximum absolute atomic E-state index is 13.3. The van der Waals surface area contributed by atoms with Crippen LogP contribution in [-0.2, 0) is 9.30 Å². The van der Waals surface area contributed by atoms with Gasteiger partial charge in [-0.1, -0.05) is 0 Å². The highest BCUT2D eigenvalue weighted by molar-refractivity contribution is 7.51. The second-order valence-electron chi connectivity index (χ2n) is 3.98. The van der Waals surface area contributed by atoms with Gasteiger partial charge in [-0.15, -0.1) is 0 Å². The third-order valence-corrected chi connectivity index (χ3v) is 3.45. The molecule has 0 aromatic rings. The van der Waals surface area contributed by atoms with Crippen molar-refractivity contribution in [2.75, 3.05) is 6.16 Å². The molecule has 0 bridgehead atoms. The maximum atomic E-state index is 13.3. The summed E-state index contributed by atoms with van der Waals surface area (Å²) in [5.74, 6) is 0. The molecule has 4 N–H and O–H groups in total. The van der Waals surface area contributed by atoms with Gasteiger partial charge >= 0.3 is 7.60 Å². The number of hydrogen-bond donors (Lipinski definition) is 4. The molecule has 0 saturated carbocycles. The first-order valence-corrected chi connectivity index (χ1v) is 6.72. The third-order valence-electron chi connectivity index (χ3n) is 2.61. The first kappa shape index (κ1) is 14.0. The number of halogens is 1. The van der Waals surface area contributed by atoms with Crippen LogP contribution in [0.25, 0.3) is 0 Å². The van der Waals surface area contributed by atoms with Crippen molar-refractivity contribution in [3.8, 4) is 0 Å². The first-order valence-electron chi connectivity index (χ1n) is 4.92. The fraction of sp³-hybridized carbons (Fsp3) is 1.00. The van der Waals surface area contributed by atoms with Crippen LogP contribution in [0.15, 0.2) is 0 Å². The third kappa shape index (κ3) is 3.48. The average molecular weight is 258 g/mol. The van der Waals surface area contributed by atoms with Crippen molar-refractivity contribution in [2.24, 2.45) is 0 Å². The lowest BCUT2D eigenvalue weighted by molar-refractivity contribution is -0.198. The molecule has 0 spiro atoms. The van der Waals surface area contributed by atoms with E-state index >= 15 is 0 Å². The van der Waals surface area contributed by atoms with E-state index in [2.05, 4.69) is 0 Å². The highest BCUT2D eigenvalue weighted by atomic mass is 31.2. The topological polar surface area (TPSA) is 107 Å². The van der Waals surface area contributed by atoms with Crippen LogP contribution in [0.1, 0.15) is 13.3 Å². The Labute approximate surface area is 92.2 Å². The van der Waals surface area contributed by atoms with Gasteiger partial charge < -0.3 is 24.7 Å². The quantitative estimate of drug-likeness (QED) is 0.504. The van der Waals surface area contributed by atoms with E-state index in [1.807, 2.05) is 0 Å². The Morgan fingerprint density at radius 2 is 1.88 bits per heavy atom. The Kier molecular flexibility index (Phi) is 4.45. The summed E-state index contributed by atoms with van der Waals surface area (Å²) in [6, 6.07) is 0. The minimum Gasteiger partial charge on any atom is -0.387 e. The lowest BCUT2D eigenvalue weighted by Gasteiger charge is -2.38. The zero-order valence-electron chi connectivity index (χ0n) is 8.73. The summed E-state index contributed by atoms with van der Waals surface area (Å²) in [6.45, 7) is 1.44. The Balaban J connectivity index is 2.57. The first-order chi connectivity index (χ1) is 7.22. The molecule has 0 aliphatic carbocycles. The Bertz CT molecular complexity index is 282. The molecule has 6 nitrogen and oxygen atoms in total. The summed E-state index contributed by atoms with van der Waals surface area (Å²) in [4.78, 5) is 17.3. The SMILES string of the molecule is CC1OC(CCP(=O)(O)O)[C@@H](O)C(F)[C@@H]1O. The van der Waals surface area contributed by atoms with Crippen LogP contribution in [0.5, 0.6) is 0 Å². The minimum atomic E-state index is -4.19. The predicted octanol–water partition coefficient (Wildman–Crippen LogP) is -0.599. The summed E-state index contributed by atoms with van der Waals surface area (Å²) in [7, 11) is -4.19. The molecular weight excluding hydrogens is 242 g/mol. The molecule has 0 aromatic carbocycles. The van der Waals surface area contributed by atoms with E-state index in [4.69, 9.17) is 14.5 Å². The van der Waals surface area contributed by atoms with Gasteiger partial charge in [0.15, 0.2) is 6.17 Å². The molecule has 1 saturated heterocycles. The molecule has 5 atom stereocenters. The van der Waals surface area contributed by atoms with E-state index in [0.29, 0.717) is 0 Å². The van der Waals surface area contributed by atoms with Gasteiger partial charge in [0.2, 0.25) is 0 Å². The van der Waals surface area contributed by atoms with Crippen LogP contribution in [-0.4, -0.2) is 56.7 Å². The van der Waals surface area contributed by atoms with E-state index < -0.39 is 44.3 Å². The zero-order chi connectivity index (χ0) is 12.5. The molecule has 16 heavy (non-hydrogen) atoms. The standard InChI is InChI=1S/C8H16FO6P/c1-4-7(10)6(9)8(11)5(15-4)2-3-16(12,13)14/h4-8,10-11H,2-3H2,1H3,(H2,12,13,14)/t4?,5?,6?,7-,8-/m1/s1. The molecule has 1 aliphatic heterocycles. The number of hydrogen-bond acceptors (Lipinski definition) is 4. The molecule has 0 radical (unpaired) electrons. The molecule has 96 valence electrons. The van der Waals surface area contributed by atoms with Crippen molar-refractivity contribution in [1.29, 1.82) is 0 Å². The predicted molar refractivity (Wildman–Crippen MR) is 52.8 cm³/mol. The molecule has 0 amide bonds. The van der Waals surface area contributed by atoms with Gasteiger partial charge in [-0.2, -0.15) is 0 Å². The number of aliphatic hydroxyl groups excluding tert-OH is 2. The summed E-state index contributed by atoms with van der Waals surface area (Å²) >= 11 is 0. The number of aliphatic hydroxyl groups is 2. The fourth-order valence-electron chi connectivity index (χ4n) is 1.64. The summed E-state index contributed by atoms with van der Waals surface area (Å²) in [6.07, 6.45) is -7.27. The van der Waals surface area contributed by atoms with Gasteiger partial charge in [0.25, 0.3) is 0 Å². The Morgan fingerprint density at radius 1 is 1.31 bits per heavy atom. The van der Waals surface area contributed by atoms with Crippen LogP contribution in [0.2, 0.25) is 0 Å². The van der Waals surface area contributed by atoms with Crippen LogP contribution in [0, 0.1) is 0 Å². The molecule has 0 aromatic heterocycles. The lowest BCUT2D eigenvalue weighted by atomic mass is 9.95. The average Bonchev–Trinajstić information content (AvgIpc) is 2.17. The van der Waals surface area contributed by atoms with Gasteiger partial charge in [0.05, 0.1) is 18.4 Å². The number of ether oxygens (including phenoxy) is 1. The lowest BCUT2D eigenvalue weighted by Crippen LogP contribution is -2.54. The highest BCUT2D eigenvalue weighted by Crippen LogP contribution is 2.37. The second kappa shape index (κ2) is 5.08. The van der Waals surface area contributed by atoms with Crippen LogP contribution in [0.3, 0.4) is 0 Å². The van der Waals surface area contributed by atoms with Crippen molar-refractivity contribution in [1.82, 2.24) is 0 Å². The fourth-order valence-corrected chi connectivity index (χ4v) is 2.23. The minimum absolute atomic E-state index is 0.150.